The van der Waals surface area contributed by atoms with Gasteiger partial charge in [0.2, 0.25) is 0 Å². The molecule has 1 fully saturated rings. The molecule has 1 aliphatic rings. The summed E-state index contributed by atoms with van der Waals surface area (Å²) in [4.78, 5) is 11.8. The summed E-state index contributed by atoms with van der Waals surface area (Å²) < 4.78 is 1.48. The van der Waals surface area contributed by atoms with E-state index < -0.39 is 24.4 Å². The molecule has 19 heavy (non-hydrogen) atoms. The van der Waals surface area contributed by atoms with Gasteiger partial charge < -0.3 is 24.9 Å². The summed E-state index contributed by atoms with van der Waals surface area (Å²) >= 11 is 5.86. The molecule has 3 rings (SSSR count). The first-order valence-electron chi connectivity index (χ1n) is 5.40. The maximum atomic E-state index is 9.87. The molecule has 0 radical (unpaired) electrons. The minimum atomic E-state index is -1.18. The molecule has 0 saturated heterocycles. The standard InChI is InChI=1S/C10H10ClN4O3.Li/c11-9-6-10(13-2-12-9)15(3-14-6)4-1-5(16)8(18)7(4)17;/h2,4-5,7-8,16-18H,1H2;/q-1;+1/t4-,5+,7+,8-;/m1./s1. The summed E-state index contributed by atoms with van der Waals surface area (Å²) in [7, 11) is 0. The maximum Gasteiger partial charge on any atom is 1.00 e. The van der Waals surface area contributed by atoms with Gasteiger partial charge in [-0.3, -0.25) is 4.98 Å². The van der Waals surface area contributed by atoms with E-state index in [0.29, 0.717) is 11.2 Å². The summed E-state index contributed by atoms with van der Waals surface area (Å²) in [6.45, 7) is 0. The van der Waals surface area contributed by atoms with Gasteiger partial charge in [0.25, 0.3) is 0 Å². The van der Waals surface area contributed by atoms with Gasteiger partial charge in [0.05, 0.1) is 11.3 Å². The van der Waals surface area contributed by atoms with Crippen molar-refractivity contribution in [2.75, 3.05) is 0 Å². The van der Waals surface area contributed by atoms with Crippen LogP contribution in [0.1, 0.15) is 12.5 Å². The molecule has 2 aromatic rings. The Morgan fingerprint density at radius 3 is 2.63 bits per heavy atom. The van der Waals surface area contributed by atoms with Crippen LogP contribution in [0.25, 0.3) is 11.2 Å². The Kier molecular flexibility index (Phi) is 4.16. The predicted octanol–water partition coefficient (Wildman–Crippen LogP) is -3.69. The van der Waals surface area contributed by atoms with Crippen molar-refractivity contribution in [3.05, 3.63) is 17.8 Å². The van der Waals surface area contributed by atoms with Gasteiger partial charge in [-0.25, -0.2) is 4.98 Å². The van der Waals surface area contributed by atoms with Gasteiger partial charge >= 0.3 is 18.9 Å². The van der Waals surface area contributed by atoms with E-state index in [1.165, 1.54) is 10.9 Å². The Morgan fingerprint density at radius 1 is 1.26 bits per heavy atom. The molecule has 2 heterocycles. The Labute approximate surface area is 125 Å². The Balaban J connectivity index is 0.00000133. The molecule has 0 unspecified atom stereocenters. The molecule has 7 nitrogen and oxygen atoms in total. The van der Waals surface area contributed by atoms with Crippen LogP contribution in [0.5, 0.6) is 0 Å². The van der Waals surface area contributed by atoms with Crippen LogP contribution in [0, 0.1) is 6.33 Å². The monoisotopic (exact) mass is 276 g/mol. The maximum absolute atomic E-state index is 9.87. The number of aliphatic hydroxyl groups excluding tert-OH is 3. The minimum absolute atomic E-state index is 0. The predicted molar refractivity (Wildman–Crippen MR) is 60.8 cm³/mol. The molecule has 9 heteroatoms. The summed E-state index contributed by atoms with van der Waals surface area (Å²) in [5.74, 6) is 0. The number of nitrogens with zero attached hydrogens (tertiary/aromatic N) is 4. The van der Waals surface area contributed by atoms with E-state index in [1.807, 2.05) is 0 Å². The molecule has 0 bridgehead atoms. The van der Waals surface area contributed by atoms with Gasteiger partial charge in [-0.05, 0) is 11.9 Å². The molecule has 2 aromatic heterocycles. The molecular weight excluding hydrogens is 267 g/mol. The van der Waals surface area contributed by atoms with Gasteiger partial charge in [0.15, 0.2) is 0 Å². The van der Waals surface area contributed by atoms with Crippen LogP contribution >= 0.6 is 11.6 Å². The topological polar surface area (TPSA) is 104 Å². The second kappa shape index (κ2) is 5.36. The van der Waals surface area contributed by atoms with Crippen molar-refractivity contribution in [1.82, 2.24) is 19.5 Å². The normalized spacial score (nSPS) is 30.5. The number of aromatic nitrogens is 4. The van der Waals surface area contributed by atoms with Crippen molar-refractivity contribution < 1.29 is 34.2 Å². The van der Waals surface area contributed by atoms with Crippen molar-refractivity contribution in [3.63, 3.8) is 0 Å². The largest absolute Gasteiger partial charge is 1.00 e. The number of imidazole rings is 1. The number of halogens is 1. The van der Waals surface area contributed by atoms with E-state index in [2.05, 4.69) is 21.3 Å². The average molecular weight is 277 g/mol. The average Bonchev–Trinajstić information content (AvgIpc) is 2.88. The molecule has 1 saturated carbocycles. The number of fused-ring (bicyclic) bond motifs is 1. The quantitative estimate of drug-likeness (QED) is 0.281. The van der Waals surface area contributed by atoms with Crippen molar-refractivity contribution in [2.24, 2.45) is 0 Å². The molecule has 96 valence electrons. The van der Waals surface area contributed by atoms with Crippen LogP contribution in [-0.4, -0.2) is 53.2 Å². The summed E-state index contributed by atoms with van der Waals surface area (Å²) in [5.41, 5.74) is 0.794. The molecule has 0 aliphatic heterocycles. The van der Waals surface area contributed by atoms with Crippen molar-refractivity contribution in [3.8, 4) is 0 Å². The Hall–Kier alpha value is -0.683. The second-order valence-corrected chi connectivity index (χ2v) is 4.63. The molecule has 4 atom stereocenters. The van der Waals surface area contributed by atoms with Gasteiger partial charge in [-0.1, -0.05) is 11.6 Å². The first-order chi connectivity index (χ1) is 8.59. The summed E-state index contributed by atoms with van der Waals surface area (Å²) in [5, 5.41) is 29.2. The number of aliphatic hydroxyl groups is 3. The smallest absolute Gasteiger partial charge is 0.427 e. The fraction of sp³-hybridized carbons (Fsp3) is 0.500. The zero-order valence-corrected chi connectivity index (χ0v) is 10.9. The minimum Gasteiger partial charge on any atom is -0.427 e. The van der Waals surface area contributed by atoms with Gasteiger partial charge in [0, 0.05) is 18.0 Å². The van der Waals surface area contributed by atoms with Crippen molar-refractivity contribution in [2.45, 2.75) is 30.8 Å². The fourth-order valence-electron chi connectivity index (χ4n) is 2.24. The summed E-state index contributed by atoms with van der Waals surface area (Å²) in [6, 6.07) is -0.536. The van der Waals surface area contributed by atoms with Crippen LogP contribution < -0.4 is 18.9 Å². The number of rotatable bonds is 1. The van der Waals surface area contributed by atoms with Gasteiger partial charge in [0.1, 0.15) is 18.5 Å². The SMILES string of the molecule is O[C@@H]1[C@H](O)[C@@H](O)C[C@H]1n1[c-]nc2c(Cl)ncnc21.[Li+]. The molecule has 1 aliphatic carbocycles. The van der Waals surface area contributed by atoms with Crippen LogP contribution in [0.3, 0.4) is 0 Å². The molecular formula is C10H10ClLiN4O3. The van der Waals surface area contributed by atoms with Gasteiger partial charge in [-0.15, -0.1) is 0 Å². The van der Waals surface area contributed by atoms with Crippen LogP contribution in [-0.2, 0) is 0 Å². The van der Waals surface area contributed by atoms with Crippen LogP contribution in [0.4, 0.5) is 0 Å². The van der Waals surface area contributed by atoms with E-state index in [0.717, 1.165) is 0 Å². The first kappa shape index (κ1) is 14.7. The second-order valence-electron chi connectivity index (χ2n) is 4.27. The molecule has 0 aromatic carbocycles. The first-order valence-corrected chi connectivity index (χ1v) is 5.77. The number of hydrogen-bond donors (Lipinski definition) is 3. The fourth-order valence-corrected chi connectivity index (χ4v) is 2.41. The zero-order valence-electron chi connectivity index (χ0n) is 10.1. The van der Waals surface area contributed by atoms with E-state index in [-0.39, 0.29) is 30.4 Å². The molecule has 3 N–H and O–H groups in total. The van der Waals surface area contributed by atoms with E-state index in [9.17, 15) is 15.3 Å². The third-order valence-electron chi connectivity index (χ3n) is 3.21. The zero-order chi connectivity index (χ0) is 12.9. The van der Waals surface area contributed by atoms with Crippen LogP contribution in [0.15, 0.2) is 6.33 Å². The Morgan fingerprint density at radius 2 is 2.00 bits per heavy atom. The van der Waals surface area contributed by atoms with E-state index in [1.54, 1.807) is 0 Å². The molecule has 0 amide bonds. The van der Waals surface area contributed by atoms with Crippen molar-refractivity contribution >= 4 is 22.8 Å². The third kappa shape index (κ3) is 2.27. The number of hydrogen-bond acceptors (Lipinski definition) is 6. The van der Waals surface area contributed by atoms with Crippen molar-refractivity contribution in [1.29, 1.82) is 0 Å². The third-order valence-corrected chi connectivity index (χ3v) is 3.49. The van der Waals surface area contributed by atoms with E-state index >= 15 is 0 Å². The summed E-state index contributed by atoms with van der Waals surface area (Å²) in [6.07, 6.45) is 0.893. The van der Waals surface area contributed by atoms with Crippen LogP contribution in [0.2, 0.25) is 5.15 Å². The van der Waals surface area contributed by atoms with E-state index in [4.69, 9.17) is 11.6 Å². The molecule has 0 spiro atoms. The Bertz CT molecular complexity index is 595. The van der Waals surface area contributed by atoms with Gasteiger partial charge in [-0.2, -0.15) is 0 Å².